The van der Waals surface area contributed by atoms with E-state index in [2.05, 4.69) is 4.98 Å². The van der Waals surface area contributed by atoms with E-state index in [1.54, 1.807) is 20.3 Å². The Morgan fingerprint density at radius 1 is 1.06 bits per heavy atom. The van der Waals surface area contributed by atoms with E-state index < -0.39 is 0 Å². The lowest BCUT2D eigenvalue weighted by Crippen LogP contribution is -1.95. The van der Waals surface area contributed by atoms with Gasteiger partial charge in [-0.3, -0.25) is 0 Å². The highest BCUT2D eigenvalue weighted by molar-refractivity contribution is 6.42. The number of aryl methyl sites for hydroxylation is 1. The second-order valence-electron chi connectivity index (χ2n) is 3.54. The number of aromatic nitrogens is 1. The van der Waals surface area contributed by atoms with E-state index in [4.69, 9.17) is 32.7 Å². The number of nitrogens with zero attached hydrogens (tertiary/aromatic N) is 1. The first kappa shape index (κ1) is 12.3. The zero-order chi connectivity index (χ0) is 12.6. The molecule has 0 fully saturated rings. The van der Waals surface area contributed by atoms with Crippen LogP contribution in [-0.4, -0.2) is 19.2 Å². The van der Waals surface area contributed by atoms with Crippen molar-refractivity contribution in [3.8, 4) is 11.5 Å². The maximum Gasteiger partial charge on any atom is 0.148 e. The van der Waals surface area contributed by atoms with Crippen LogP contribution in [-0.2, 0) is 0 Å². The SMILES string of the molecule is COc1ccc(OC)c2c(C)c(Cl)c(Cl)nc12. The number of ether oxygens (including phenoxy) is 2. The molecule has 1 heterocycles. The molecule has 17 heavy (non-hydrogen) atoms. The maximum atomic E-state index is 6.09. The third-order valence-electron chi connectivity index (χ3n) is 2.64. The number of benzene rings is 1. The molecule has 0 radical (unpaired) electrons. The molecule has 0 aliphatic rings. The predicted molar refractivity (Wildman–Crippen MR) is 69.6 cm³/mol. The molecular formula is C12H11Cl2NO2. The van der Waals surface area contributed by atoms with Crippen molar-refractivity contribution >= 4 is 34.1 Å². The van der Waals surface area contributed by atoms with Gasteiger partial charge in [0.15, 0.2) is 0 Å². The zero-order valence-electron chi connectivity index (χ0n) is 9.67. The molecule has 0 spiro atoms. The summed E-state index contributed by atoms with van der Waals surface area (Å²) < 4.78 is 10.6. The van der Waals surface area contributed by atoms with Crippen molar-refractivity contribution in [1.29, 1.82) is 0 Å². The number of hydrogen-bond acceptors (Lipinski definition) is 3. The summed E-state index contributed by atoms with van der Waals surface area (Å²) in [5.41, 5.74) is 1.48. The average molecular weight is 272 g/mol. The Morgan fingerprint density at radius 2 is 1.65 bits per heavy atom. The summed E-state index contributed by atoms with van der Waals surface area (Å²) in [4.78, 5) is 4.24. The number of fused-ring (bicyclic) bond motifs is 1. The number of methoxy groups -OCH3 is 2. The summed E-state index contributed by atoms with van der Waals surface area (Å²) in [6.45, 7) is 1.88. The van der Waals surface area contributed by atoms with Gasteiger partial charge in [-0.1, -0.05) is 23.2 Å². The standard InChI is InChI=1S/C12H11Cl2NO2/c1-6-9-7(16-2)4-5-8(17-3)11(9)15-12(14)10(6)13/h4-5H,1-3H3. The molecular weight excluding hydrogens is 261 g/mol. The molecule has 1 aromatic carbocycles. The summed E-state index contributed by atoms with van der Waals surface area (Å²) in [7, 11) is 3.18. The zero-order valence-corrected chi connectivity index (χ0v) is 11.2. The van der Waals surface area contributed by atoms with E-state index in [1.165, 1.54) is 0 Å². The molecule has 0 aliphatic carbocycles. The minimum absolute atomic E-state index is 0.267. The molecule has 0 aliphatic heterocycles. The van der Waals surface area contributed by atoms with Gasteiger partial charge in [0.1, 0.15) is 22.2 Å². The lowest BCUT2D eigenvalue weighted by atomic mass is 10.1. The normalized spacial score (nSPS) is 10.6. The van der Waals surface area contributed by atoms with Gasteiger partial charge < -0.3 is 9.47 Å². The molecule has 1 aromatic heterocycles. The van der Waals surface area contributed by atoms with Gasteiger partial charge >= 0.3 is 0 Å². The third kappa shape index (κ3) is 1.90. The van der Waals surface area contributed by atoms with E-state index in [0.29, 0.717) is 22.0 Å². The first-order valence-corrected chi connectivity index (χ1v) is 5.72. The molecule has 0 bridgehead atoms. The van der Waals surface area contributed by atoms with E-state index in [9.17, 15) is 0 Å². The van der Waals surface area contributed by atoms with Gasteiger partial charge in [-0.25, -0.2) is 4.98 Å². The summed E-state index contributed by atoms with van der Waals surface area (Å²) >= 11 is 12.1. The van der Waals surface area contributed by atoms with Crippen LogP contribution < -0.4 is 9.47 Å². The van der Waals surface area contributed by atoms with Crippen molar-refractivity contribution in [3.63, 3.8) is 0 Å². The largest absolute Gasteiger partial charge is 0.496 e. The molecule has 2 rings (SSSR count). The fourth-order valence-corrected chi connectivity index (χ4v) is 2.14. The van der Waals surface area contributed by atoms with E-state index >= 15 is 0 Å². The van der Waals surface area contributed by atoms with E-state index in [0.717, 1.165) is 10.9 Å². The highest BCUT2D eigenvalue weighted by Gasteiger charge is 2.15. The van der Waals surface area contributed by atoms with Gasteiger partial charge in [-0.2, -0.15) is 0 Å². The van der Waals surface area contributed by atoms with Crippen molar-refractivity contribution in [2.45, 2.75) is 6.92 Å². The summed E-state index contributed by atoms with van der Waals surface area (Å²) in [6, 6.07) is 3.61. The van der Waals surface area contributed by atoms with Crippen molar-refractivity contribution in [1.82, 2.24) is 4.98 Å². The molecule has 0 unspecified atom stereocenters. The molecule has 90 valence electrons. The third-order valence-corrected chi connectivity index (χ3v) is 3.47. The highest BCUT2D eigenvalue weighted by Crippen LogP contribution is 2.39. The highest BCUT2D eigenvalue weighted by atomic mass is 35.5. The molecule has 0 saturated heterocycles. The monoisotopic (exact) mass is 271 g/mol. The quantitative estimate of drug-likeness (QED) is 0.778. The molecule has 2 aromatic rings. The Balaban J connectivity index is 2.96. The van der Waals surface area contributed by atoms with Crippen molar-refractivity contribution in [2.75, 3.05) is 14.2 Å². The maximum absolute atomic E-state index is 6.09. The van der Waals surface area contributed by atoms with Gasteiger partial charge in [-0.15, -0.1) is 0 Å². The van der Waals surface area contributed by atoms with Crippen molar-refractivity contribution < 1.29 is 9.47 Å². The van der Waals surface area contributed by atoms with Crippen LogP contribution in [0.25, 0.3) is 10.9 Å². The van der Waals surface area contributed by atoms with Crippen LogP contribution in [0.2, 0.25) is 10.2 Å². The van der Waals surface area contributed by atoms with Crippen molar-refractivity contribution in [2.24, 2.45) is 0 Å². The van der Waals surface area contributed by atoms with Crippen LogP contribution >= 0.6 is 23.2 Å². The van der Waals surface area contributed by atoms with E-state index in [1.807, 2.05) is 13.0 Å². The summed E-state index contributed by atoms with van der Waals surface area (Å²) in [5.74, 6) is 1.34. The van der Waals surface area contributed by atoms with E-state index in [-0.39, 0.29) is 5.15 Å². The first-order valence-electron chi connectivity index (χ1n) is 4.96. The Kier molecular flexibility index (Phi) is 3.31. The number of rotatable bonds is 2. The fraction of sp³-hybridized carbons (Fsp3) is 0.250. The average Bonchev–Trinajstić information content (AvgIpc) is 2.34. The van der Waals surface area contributed by atoms with Crippen LogP contribution in [0.3, 0.4) is 0 Å². The number of pyridine rings is 1. The van der Waals surface area contributed by atoms with Gasteiger partial charge in [0.2, 0.25) is 0 Å². The topological polar surface area (TPSA) is 31.4 Å². The Morgan fingerprint density at radius 3 is 2.24 bits per heavy atom. The fourth-order valence-electron chi connectivity index (χ4n) is 1.77. The molecule has 0 N–H and O–H groups in total. The molecule has 0 saturated carbocycles. The van der Waals surface area contributed by atoms with Gasteiger partial charge in [0, 0.05) is 0 Å². The second kappa shape index (κ2) is 4.59. The van der Waals surface area contributed by atoms with Gasteiger partial charge in [0.25, 0.3) is 0 Å². The second-order valence-corrected chi connectivity index (χ2v) is 4.27. The summed E-state index contributed by atoms with van der Waals surface area (Å²) in [5, 5.41) is 1.52. The first-order chi connectivity index (χ1) is 8.10. The predicted octanol–water partition coefficient (Wildman–Crippen LogP) is 3.87. The summed E-state index contributed by atoms with van der Waals surface area (Å²) in [6.07, 6.45) is 0. The Hall–Kier alpha value is -1.19. The lowest BCUT2D eigenvalue weighted by Gasteiger charge is -2.12. The minimum Gasteiger partial charge on any atom is -0.496 e. The van der Waals surface area contributed by atoms with Gasteiger partial charge in [-0.05, 0) is 24.6 Å². The molecule has 5 heteroatoms. The Bertz CT molecular complexity index is 584. The van der Waals surface area contributed by atoms with Crippen molar-refractivity contribution in [3.05, 3.63) is 27.9 Å². The molecule has 3 nitrogen and oxygen atoms in total. The number of halogens is 2. The minimum atomic E-state index is 0.267. The lowest BCUT2D eigenvalue weighted by molar-refractivity contribution is 0.409. The van der Waals surface area contributed by atoms with Crippen LogP contribution in [0.4, 0.5) is 0 Å². The van der Waals surface area contributed by atoms with Crippen LogP contribution in [0, 0.1) is 6.92 Å². The Labute approximate surface area is 109 Å². The molecule has 0 atom stereocenters. The smallest absolute Gasteiger partial charge is 0.148 e. The van der Waals surface area contributed by atoms with Crippen LogP contribution in [0.1, 0.15) is 5.56 Å². The molecule has 0 amide bonds. The van der Waals surface area contributed by atoms with Crippen LogP contribution in [0.5, 0.6) is 11.5 Å². The number of hydrogen-bond donors (Lipinski definition) is 0. The van der Waals surface area contributed by atoms with Gasteiger partial charge in [0.05, 0.1) is 24.6 Å². The van der Waals surface area contributed by atoms with Crippen LogP contribution in [0.15, 0.2) is 12.1 Å².